The molecule has 2 heterocycles. The highest BCUT2D eigenvalue weighted by molar-refractivity contribution is 7.92. The van der Waals surface area contributed by atoms with Crippen LogP contribution >= 0.6 is 0 Å². The Morgan fingerprint density at radius 2 is 1.66 bits per heavy atom. The second kappa shape index (κ2) is 9.47. The van der Waals surface area contributed by atoms with Crippen molar-refractivity contribution in [1.82, 2.24) is 4.90 Å². The van der Waals surface area contributed by atoms with Crippen LogP contribution in [0.25, 0.3) is 22.3 Å². The Hall–Kier alpha value is -4.42. The Balaban J connectivity index is 1.44. The van der Waals surface area contributed by atoms with Crippen LogP contribution in [0, 0.1) is 0 Å². The molecule has 0 unspecified atom stereocenters. The van der Waals surface area contributed by atoms with Gasteiger partial charge in [-0.05, 0) is 61.6 Å². The van der Waals surface area contributed by atoms with Crippen molar-refractivity contribution in [3.63, 3.8) is 0 Å². The standard InChI is InChI=1S/C26H26N4O7S/c1-29-8-10-30(11-9-29)20-5-4-17(14-19(20)27)38(35,36)28-16-3-7-23-18(13-16)24(33)25(34)26(37-23)15-2-6-21(31)22(32)12-15/h2-7,12-14,28,31-32,34H,8-11,27H2,1H3. The van der Waals surface area contributed by atoms with Gasteiger partial charge in [-0.25, -0.2) is 8.42 Å². The first-order valence-corrected chi connectivity index (χ1v) is 13.2. The predicted molar refractivity (Wildman–Crippen MR) is 144 cm³/mol. The summed E-state index contributed by atoms with van der Waals surface area (Å²) >= 11 is 0. The van der Waals surface area contributed by atoms with Gasteiger partial charge in [-0.2, -0.15) is 0 Å². The van der Waals surface area contributed by atoms with Crippen LogP contribution in [0.4, 0.5) is 17.1 Å². The molecule has 12 heteroatoms. The topological polar surface area (TPSA) is 170 Å². The zero-order chi connectivity index (χ0) is 27.2. The van der Waals surface area contributed by atoms with E-state index in [0.717, 1.165) is 37.9 Å². The first-order chi connectivity index (χ1) is 18.0. The fourth-order valence-corrected chi connectivity index (χ4v) is 5.44. The van der Waals surface area contributed by atoms with Gasteiger partial charge in [-0.15, -0.1) is 0 Å². The second-order valence-corrected chi connectivity index (χ2v) is 10.8. The SMILES string of the molecule is CN1CCN(c2ccc(S(=O)(=O)Nc3ccc4oc(-c5ccc(O)c(O)c5)c(O)c(=O)c4c3)cc2N)CC1. The lowest BCUT2D eigenvalue weighted by Gasteiger charge is -2.34. The van der Waals surface area contributed by atoms with E-state index in [1.807, 2.05) is 7.05 Å². The number of nitrogens with one attached hydrogen (secondary N) is 1. The number of anilines is 3. The Bertz CT molecular complexity index is 1710. The van der Waals surface area contributed by atoms with Crippen LogP contribution < -0.4 is 20.8 Å². The normalized spacial score (nSPS) is 14.6. The molecule has 0 bridgehead atoms. The molecule has 1 aliphatic rings. The van der Waals surface area contributed by atoms with E-state index in [-0.39, 0.29) is 38.6 Å². The van der Waals surface area contributed by atoms with Crippen molar-refractivity contribution in [3.8, 4) is 28.6 Å². The number of rotatable bonds is 5. The lowest BCUT2D eigenvalue weighted by molar-refractivity contribution is 0.313. The van der Waals surface area contributed by atoms with Crippen LogP contribution in [0.15, 0.2) is 68.7 Å². The van der Waals surface area contributed by atoms with Crippen LogP contribution in [0.2, 0.25) is 0 Å². The van der Waals surface area contributed by atoms with Crippen LogP contribution in [0.3, 0.4) is 0 Å². The van der Waals surface area contributed by atoms with E-state index in [1.54, 1.807) is 6.07 Å². The van der Waals surface area contributed by atoms with E-state index < -0.39 is 27.0 Å². The van der Waals surface area contributed by atoms with Gasteiger partial charge in [0, 0.05) is 37.4 Å². The fraction of sp³-hybridized carbons (Fsp3) is 0.192. The van der Waals surface area contributed by atoms with E-state index in [1.165, 1.54) is 42.5 Å². The number of aromatic hydroxyl groups is 3. The lowest BCUT2D eigenvalue weighted by Crippen LogP contribution is -2.44. The maximum absolute atomic E-state index is 13.1. The van der Waals surface area contributed by atoms with E-state index in [0.29, 0.717) is 5.69 Å². The third-order valence-corrected chi connectivity index (χ3v) is 7.89. The van der Waals surface area contributed by atoms with Gasteiger partial charge in [-0.3, -0.25) is 9.52 Å². The van der Waals surface area contributed by atoms with Crippen molar-refractivity contribution < 1.29 is 28.2 Å². The van der Waals surface area contributed by atoms with Gasteiger partial charge in [-0.1, -0.05) is 0 Å². The van der Waals surface area contributed by atoms with E-state index in [2.05, 4.69) is 14.5 Å². The molecule has 5 rings (SSSR count). The minimum absolute atomic E-state index is 0.0367. The molecule has 0 aliphatic carbocycles. The van der Waals surface area contributed by atoms with E-state index >= 15 is 0 Å². The number of hydrogen-bond acceptors (Lipinski definition) is 10. The summed E-state index contributed by atoms with van der Waals surface area (Å²) in [5.74, 6) is -1.76. The summed E-state index contributed by atoms with van der Waals surface area (Å²) < 4.78 is 34.3. The van der Waals surface area contributed by atoms with Gasteiger partial charge in [0.2, 0.25) is 11.2 Å². The molecule has 0 amide bonds. The number of piperazine rings is 1. The molecule has 0 radical (unpaired) electrons. The van der Waals surface area contributed by atoms with E-state index in [4.69, 9.17) is 10.2 Å². The summed E-state index contributed by atoms with van der Waals surface area (Å²) in [6, 6.07) is 12.3. The molecule has 1 aromatic heterocycles. The number of phenols is 2. The van der Waals surface area contributed by atoms with Crippen LogP contribution in [-0.2, 0) is 10.0 Å². The largest absolute Gasteiger partial charge is 0.504 e. The van der Waals surface area contributed by atoms with E-state index in [9.17, 15) is 28.5 Å². The van der Waals surface area contributed by atoms with Gasteiger partial charge in [0.15, 0.2) is 17.3 Å². The number of fused-ring (bicyclic) bond motifs is 1. The molecule has 1 fully saturated rings. The van der Waals surface area contributed by atoms with Crippen LogP contribution in [0.5, 0.6) is 17.2 Å². The molecule has 4 aromatic rings. The molecule has 11 nitrogen and oxygen atoms in total. The maximum Gasteiger partial charge on any atom is 0.261 e. The minimum Gasteiger partial charge on any atom is -0.504 e. The molecule has 198 valence electrons. The van der Waals surface area contributed by atoms with Crippen molar-refractivity contribution in [3.05, 3.63) is 64.8 Å². The molecule has 3 aromatic carbocycles. The zero-order valence-corrected chi connectivity index (χ0v) is 21.2. The molecule has 1 aliphatic heterocycles. The quantitative estimate of drug-likeness (QED) is 0.188. The Morgan fingerprint density at radius 3 is 2.34 bits per heavy atom. The van der Waals surface area contributed by atoms with Crippen molar-refractivity contribution in [2.45, 2.75) is 4.90 Å². The highest BCUT2D eigenvalue weighted by atomic mass is 32.2. The van der Waals surface area contributed by atoms with Gasteiger partial charge in [0.1, 0.15) is 5.58 Å². The zero-order valence-electron chi connectivity index (χ0n) is 20.4. The average Bonchev–Trinajstić information content (AvgIpc) is 2.88. The second-order valence-electron chi connectivity index (χ2n) is 9.14. The first-order valence-electron chi connectivity index (χ1n) is 11.7. The number of phenolic OH excluding ortho intramolecular Hbond substituents is 2. The number of nitrogens with two attached hydrogens (primary N) is 1. The molecular weight excluding hydrogens is 512 g/mol. The third kappa shape index (κ3) is 4.66. The lowest BCUT2D eigenvalue weighted by atomic mass is 10.1. The molecule has 0 spiro atoms. The minimum atomic E-state index is -4.05. The summed E-state index contributed by atoms with van der Waals surface area (Å²) in [7, 11) is -2.00. The van der Waals surface area contributed by atoms with Crippen molar-refractivity contribution in [2.24, 2.45) is 0 Å². The van der Waals surface area contributed by atoms with Gasteiger partial charge in [0.05, 0.1) is 21.7 Å². The Kier molecular flexibility index (Phi) is 6.29. The smallest absolute Gasteiger partial charge is 0.261 e. The fourth-order valence-electron chi connectivity index (χ4n) is 4.36. The third-order valence-electron chi connectivity index (χ3n) is 6.51. The van der Waals surface area contributed by atoms with Crippen molar-refractivity contribution in [1.29, 1.82) is 0 Å². The van der Waals surface area contributed by atoms with Crippen molar-refractivity contribution >= 4 is 38.1 Å². The summed E-state index contributed by atoms with van der Waals surface area (Å²) in [5, 5.41) is 29.7. The maximum atomic E-state index is 13.1. The van der Waals surface area contributed by atoms with Gasteiger partial charge in [0.25, 0.3) is 10.0 Å². The Morgan fingerprint density at radius 1 is 0.921 bits per heavy atom. The molecule has 1 saturated heterocycles. The number of likely N-dealkylation sites (N-methyl/N-ethyl adjacent to an activating group) is 1. The monoisotopic (exact) mass is 538 g/mol. The van der Waals surface area contributed by atoms with Gasteiger partial charge >= 0.3 is 0 Å². The number of hydrogen-bond donors (Lipinski definition) is 5. The van der Waals surface area contributed by atoms with Crippen molar-refractivity contribution in [2.75, 3.05) is 48.6 Å². The summed E-state index contributed by atoms with van der Waals surface area (Å²) in [4.78, 5) is 17.2. The summed E-state index contributed by atoms with van der Waals surface area (Å²) in [6.07, 6.45) is 0. The molecule has 38 heavy (non-hydrogen) atoms. The van der Waals surface area contributed by atoms with Crippen LogP contribution in [0.1, 0.15) is 0 Å². The highest BCUT2D eigenvalue weighted by Gasteiger charge is 2.21. The Labute approximate surface area is 218 Å². The number of sulfonamides is 1. The summed E-state index contributed by atoms with van der Waals surface area (Å²) in [6.45, 7) is 3.33. The molecule has 6 N–H and O–H groups in total. The molecular formula is C26H26N4O7S. The highest BCUT2D eigenvalue weighted by Crippen LogP contribution is 2.36. The summed E-state index contributed by atoms with van der Waals surface area (Å²) in [5.41, 5.74) is 6.86. The first kappa shape index (κ1) is 25.2. The number of nitrogens with zero attached hydrogens (tertiary/aromatic N) is 2. The van der Waals surface area contributed by atoms with Gasteiger partial charge < -0.3 is 35.3 Å². The molecule has 0 saturated carbocycles. The number of nitrogen functional groups attached to an aromatic ring is 1. The van der Waals surface area contributed by atoms with Crippen LogP contribution in [-0.4, -0.2) is 61.9 Å². The number of benzene rings is 3. The molecule has 0 atom stereocenters. The predicted octanol–water partition coefficient (Wildman–Crippen LogP) is 2.71. The average molecular weight is 539 g/mol.